The Kier molecular flexibility index (Phi) is 10.1. The summed E-state index contributed by atoms with van der Waals surface area (Å²) < 4.78 is 8.82. The van der Waals surface area contributed by atoms with E-state index in [1.165, 1.54) is 0 Å². The number of aromatic nitrogens is 3. The fraction of sp³-hybridized carbons (Fsp3) is 0.412. The van der Waals surface area contributed by atoms with Crippen LogP contribution in [0.4, 0.5) is 5.69 Å². The maximum Gasteiger partial charge on any atom is 0.257 e. The van der Waals surface area contributed by atoms with Gasteiger partial charge < -0.3 is 19.5 Å². The molecular weight excluding hydrogens is 592 g/mol. The summed E-state index contributed by atoms with van der Waals surface area (Å²) in [4.78, 5) is 43.8. The number of Topliss-reactive ketones (excluding diaryl/α,β-unsaturated/α-hetero) is 1. The zero-order valence-corrected chi connectivity index (χ0v) is 27.3. The van der Waals surface area contributed by atoms with Gasteiger partial charge >= 0.3 is 0 Å². The second kappa shape index (κ2) is 14.0. The highest BCUT2D eigenvalue weighted by molar-refractivity contribution is 6.31. The van der Waals surface area contributed by atoms with Crippen molar-refractivity contribution in [3.63, 3.8) is 0 Å². The van der Waals surface area contributed by atoms with Gasteiger partial charge in [-0.25, -0.2) is 4.68 Å². The minimum Gasteiger partial charge on any atom is -0.383 e. The number of piperazine rings is 1. The molecule has 238 valence electrons. The Morgan fingerprint density at radius 2 is 1.76 bits per heavy atom. The Labute approximate surface area is 268 Å². The number of carbonyl (C=O) groups is 3. The standard InChI is InChI=1S/C34H41ClN6O4/c1-6-7-32(42)29-17-36-41(24(29)4)27-11-9-26(10-12-27)37-34(44)30-20-38(31-13-8-25(35)16-28(30)31)21-33(43)39-18-22(2)40(14-15-45-5)23(3)19-39/h8-13,16-17,20,22-23H,6-7,14-15,18-19,21H2,1-5H3,(H,37,44). The fourth-order valence-corrected chi connectivity index (χ4v) is 6.39. The van der Waals surface area contributed by atoms with Crippen LogP contribution in [0.15, 0.2) is 54.9 Å². The molecule has 0 aliphatic carbocycles. The first-order valence-corrected chi connectivity index (χ1v) is 15.8. The van der Waals surface area contributed by atoms with Crippen LogP contribution in [0.1, 0.15) is 60.0 Å². The normalized spacial score (nSPS) is 17.2. The molecule has 1 aliphatic rings. The lowest BCUT2D eigenvalue weighted by Crippen LogP contribution is -2.59. The molecule has 0 bridgehead atoms. The topological polar surface area (TPSA) is 102 Å². The van der Waals surface area contributed by atoms with Crippen LogP contribution in [-0.2, 0) is 16.1 Å². The molecule has 2 atom stereocenters. The second-order valence-corrected chi connectivity index (χ2v) is 12.2. The first-order valence-electron chi connectivity index (χ1n) is 15.4. The van der Waals surface area contributed by atoms with Crippen LogP contribution in [0.25, 0.3) is 16.6 Å². The van der Waals surface area contributed by atoms with Crippen LogP contribution in [-0.4, -0.2) is 87.2 Å². The number of anilines is 1. The van der Waals surface area contributed by atoms with Crippen molar-refractivity contribution in [2.75, 3.05) is 38.7 Å². The molecule has 2 amide bonds. The van der Waals surface area contributed by atoms with E-state index in [2.05, 4.69) is 29.2 Å². The Hall–Kier alpha value is -3.99. The van der Waals surface area contributed by atoms with Crippen molar-refractivity contribution >= 4 is 45.8 Å². The van der Waals surface area contributed by atoms with Crippen LogP contribution in [0.2, 0.25) is 5.02 Å². The average Bonchev–Trinajstić information content (AvgIpc) is 3.57. The van der Waals surface area contributed by atoms with Crippen LogP contribution < -0.4 is 5.32 Å². The Morgan fingerprint density at radius 3 is 2.42 bits per heavy atom. The van der Waals surface area contributed by atoms with E-state index in [9.17, 15) is 14.4 Å². The van der Waals surface area contributed by atoms with E-state index in [0.29, 0.717) is 53.3 Å². The molecular formula is C34H41ClN6O4. The lowest BCUT2D eigenvalue weighted by Gasteiger charge is -2.44. The predicted octanol–water partition coefficient (Wildman–Crippen LogP) is 5.59. The molecule has 1 saturated heterocycles. The summed E-state index contributed by atoms with van der Waals surface area (Å²) >= 11 is 6.34. The number of ketones is 1. The molecule has 10 nitrogen and oxygen atoms in total. The van der Waals surface area contributed by atoms with Gasteiger partial charge in [-0.1, -0.05) is 18.5 Å². The molecule has 1 fully saturated rings. The smallest absolute Gasteiger partial charge is 0.257 e. The van der Waals surface area contributed by atoms with Gasteiger partial charge in [-0.05, 0) is 69.7 Å². The third-order valence-electron chi connectivity index (χ3n) is 8.56. The van der Waals surface area contributed by atoms with Crippen molar-refractivity contribution in [1.82, 2.24) is 24.1 Å². The van der Waals surface area contributed by atoms with Gasteiger partial charge in [0.05, 0.1) is 35.3 Å². The molecule has 3 heterocycles. The molecule has 5 rings (SSSR count). The number of nitrogens with zero attached hydrogens (tertiary/aromatic N) is 5. The van der Waals surface area contributed by atoms with Gasteiger partial charge in [0.1, 0.15) is 6.54 Å². The Bertz CT molecular complexity index is 1680. The van der Waals surface area contributed by atoms with Crippen LogP contribution >= 0.6 is 11.6 Å². The molecule has 4 aromatic rings. The van der Waals surface area contributed by atoms with Crippen molar-refractivity contribution in [2.24, 2.45) is 0 Å². The van der Waals surface area contributed by atoms with Crippen molar-refractivity contribution < 1.29 is 19.1 Å². The van der Waals surface area contributed by atoms with Crippen LogP contribution in [0.3, 0.4) is 0 Å². The van der Waals surface area contributed by atoms with Crippen LogP contribution in [0.5, 0.6) is 0 Å². The van der Waals surface area contributed by atoms with E-state index in [0.717, 1.165) is 29.9 Å². The molecule has 2 aromatic carbocycles. The molecule has 1 aliphatic heterocycles. The molecule has 45 heavy (non-hydrogen) atoms. The number of carbonyl (C=O) groups excluding carboxylic acids is 3. The Morgan fingerprint density at radius 1 is 1.04 bits per heavy atom. The van der Waals surface area contributed by atoms with E-state index in [4.69, 9.17) is 16.3 Å². The van der Waals surface area contributed by atoms with E-state index in [1.807, 2.05) is 41.5 Å². The number of benzene rings is 2. The zero-order chi connectivity index (χ0) is 32.2. The lowest BCUT2D eigenvalue weighted by molar-refractivity contribution is -0.136. The molecule has 2 aromatic heterocycles. The van der Waals surface area contributed by atoms with Gasteiger partial charge in [0.25, 0.3) is 5.91 Å². The van der Waals surface area contributed by atoms with Crippen molar-refractivity contribution in [2.45, 2.75) is 59.2 Å². The number of ether oxygens (including phenoxy) is 1. The number of halogens is 1. The number of nitrogens with one attached hydrogen (secondary N) is 1. The molecule has 1 N–H and O–H groups in total. The van der Waals surface area contributed by atoms with Gasteiger partial charge in [-0.3, -0.25) is 19.3 Å². The summed E-state index contributed by atoms with van der Waals surface area (Å²) in [7, 11) is 1.70. The minimum absolute atomic E-state index is 0.00274. The van der Waals surface area contributed by atoms with Crippen molar-refractivity contribution in [3.8, 4) is 5.69 Å². The number of amides is 2. The number of methoxy groups -OCH3 is 1. The van der Waals surface area contributed by atoms with E-state index < -0.39 is 0 Å². The minimum atomic E-state index is -0.307. The summed E-state index contributed by atoms with van der Waals surface area (Å²) in [5.74, 6) is -0.225. The van der Waals surface area contributed by atoms with Crippen LogP contribution in [0, 0.1) is 6.92 Å². The van der Waals surface area contributed by atoms with Crippen molar-refractivity contribution in [3.05, 3.63) is 76.7 Å². The maximum absolute atomic E-state index is 13.6. The third kappa shape index (κ3) is 6.98. The highest BCUT2D eigenvalue weighted by Crippen LogP contribution is 2.27. The van der Waals surface area contributed by atoms with Crippen molar-refractivity contribution in [1.29, 1.82) is 0 Å². The second-order valence-electron chi connectivity index (χ2n) is 11.8. The fourth-order valence-electron chi connectivity index (χ4n) is 6.21. The van der Waals surface area contributed by atoms with Gasteiger partial charge in [-0.15, -0.1) is 0 Å². The average molecular weight is 633 g/mol. The SMILES string of the molecule is CCCC(=O)c1cnn(-c2ccc(NC(=O)c3cn(CC(=O)N4CC(C)N(CCOC)C(C)C4)c4ccc(Cl)cc34)cc2)c1C. The number of fused-ring (bicyclic) bond motifs is 1. The van der Waals surface area contributed by atoms with E-state index in [-0.39, 0.29) is 36.2 Å². The highest BCUT2D eigenvalue weighted by atomic mass is 35.5. The quantitative estimate of drug-likeness (QED) is 0.216. The molecule has 2 unspecified atom stereocenters. The van der Waals surface area contributed by atoms with Gasteiger partial charge in [-0.2, -0.15) is 5.10 Å². The summed E-state index contributed by atoms with van der Waals surface area (Å²) in [6.07, 6.45) is 4.60. The molecule has 11 heteroatoms. The first kappa shape index (κ1) is 32.4. The summed E-state index contributed by atoms with van der Waals surface area (Å²) in [5.41, 5.74) is 3.97. The number of hydrogen-bond donors (Lipinski definition) is 1. The zero-order valence-electron chi connectivity index (χ0n) is 26.5. The maximum atomic E-state index is 13.6. The lowest BCUT2D eigenvalue weighted by atomic mass is 10.1. The largest absolute Gasteiger partial charge is 0.383 e. The third-order valence-corrected chi connectivity index (χ3v) is 8.79. The summed E-state index contributed by atoms with van der Waals surface area (Å²) in [5, 5.41) is 8.56. The molecule has 0 saturated carbocycles. The summed E-state index contributed by atoms with van der Waals surface area (Å²) in [6, 6.07) is 13.1. The number of hydrogen-bond acceptors (Lipinski definition) is 6. The number of rotatable bonds is 11. The van der Waals surface area contributed by atoms with E-state index >= 15 is 0 Å². The van der Waals surface area contributed by atoms with E-state index in [1.54, 1.807) is 48.5 Å². The van der Waals surface area contributed by atoms with Gasteiger partial charge in [0.2, 0.25) is 5.91 Å². The first-order chi connectivity index (χ1) is 21.6. The summed E-state index contributed by atoms with van der Waals surface area (Å²) in [6.45, 7) is 11.0. The predicted molar refractivity (Wildman–Crippen MR) is 177 cm³/mol. The van der Waals surface area contributed by atoms with Gasteiger partial charge in [0.15, 0.2) is 5.78 Å². The monoisotopic (exact) mass is 632 g/mol. The highest BCUT2D eigenvalue weighted by Gasteiger charge is 2.32. The molecule has 0 spiro atoms. The Balaban J connectivity index is 1.32. The van der Waals surface area contributed by atoms with Gasteiger partial charge in [0, 0.05) is 73.1 Å². The molecule has 0 radical (unpaired) electrons.